The van der Waals surface area contributed by atoms with Crippen LogP contribution in [0.25, 0.3) is 11.0 Å². The van der Waals surface area contributed by atoms with Gasteiger partial charge in [0.25, 0.3) is 5.91 Å². The first-order chi connectivity index (χ1) is 15.0. The molecule has 2 aromatic heterocycles. The van der Waals surface area contributed by atoms with Crippen LogP contribution in [0.5, 0.6) is 0 Å². The van der Waals surface area contributed by atoms with E-state index in [0.717, 1.165) is 67.7 Å². The number of amides is 1. The summed E-state index contributed by atoms with van der Waals surface area (Å²) in [7, 11) is 0. The Morgan fingerprint density at radius 2 is 1.94 bits per heavy atom. The van der Waals surface area contributed by atoms with E-state index in [4.69, 9.17) is 0 Å². The van der Waals surface area contributed by atoms with Gasteiger partial charge in [-0.05, 0) is 63.6 Å². The monoisotopic (exact) mass is 417 g/mol. The van der Waals surface area contributed by atoms with Crippen molar-refractivity contribution < 1.29 is 4.79 Å². The average molecular weight is 418 g/mol. The SMILES string of the molecule is Cc1cc(C(=O)N2CCC(CN3CCc4ccccc43)CC2)c2cnn(C(C)C)c2n1. The number of anilines is 1. The van der Waals surface area contributed by atoms with Gasteiger partial charge in [-0.15, -0.1) is 0 Å². The Morgan fingerprint density at radius 1 is 1.16 bits per heavy atom. The van der Waals surface area contributed by atoms with Crippen LogP contribution < -0.4 is 4.90 Å². The molecule has 1 saturated heterocycles. The zero-order valence-corrected chi connectivity index (χ0v) is 18.7. The molecule has 1 fully saturated rings. The lowest BCUT2D eigenvalue weighted by Gasteiger charge is -2.34. The van der Waals surface area contributed by atoms with Gasteiger partial charge in [-0.2, -0.15) is 5.10 Å². The molecule has 1 amide bonds. The highest BCUT2D eigenvalue weighted by atomic mass is 16.2. The van der Waals surface area contributed by atoms with E-state index in [2.05, 4.69) is 53.1 Å². The lowest BCUT2D eigenvalue weighted by Crippen LogP contribution is -2.41. The molecule has 162 valence electrons. The number of carbonyl (C=O) groups is 1. The number of pyridine rings is 1. The number of hydrogen-bond donors (Lipinski definition) is 0. The fourth-order valence-electron chi connectivity index (χ4n) is 5.09. The Hall–Kier alpha value is -2.89. The van der Waals surface area contributed by atoms with Gasteiger partial charge in [-0.1, -0.05) is 18.2 Å². The largest absolute Gasteiger partial charge is 0.371 e. The number of hydrogen-bond acceptors (Lipinski definition) is 4. The summed E-state index contributed by atoms with van der Waals surface area (Å²) in [5, 5.41) is 5.35. The van der Waals surface area contributed by atoms with E-state index in [1.807, 2.05) is 22.6 Å². The number of benzene rings is 1. The molecule has 0 aliphatic carbocycles. The number of likely N-dealkylation sites (tertiary alicyclic amines) is 1. The lowest BCUT2D eigenvalue weighted by atomic mass is 9.95. The lowest BCUT2D eigenvalue weighted by molar-refractivity contribution is 0.0694. The standard InChI is InChI=1S/C25H31N5O/c1-17(2)30-24-22(15-26-30)21(14-18(3)27-24)25(31)28-11-8-19(9-12-28)16-29-13-10-20-6-4-5-7-23(20)29/h4-7,14-15,17,19H,8-13,16H2,1-3H3. The Kier molecular flexibility index (Phi) is 5.16. The highest BCUT2D eigenvalue weighted by molar-refractivity contribution is 6.05. The molecule has 2 aliphatic rings. The van der Waals surface area contributed by atoms with Crippen LogP contribution in [-0.2, 0) is 6.42 Å². The van der Waals surface area contributed by atoms with Gasteiger partial charge in [-0.25, -0.2) is 9.67 Å². The first kappa shape index (κ1) is 20.0. The Bertz CT molecular complexity index is 1110. The summed E-state index contributed by atoms with van der Waals surface area (Å²) >= 11 is 0. The molecule has 4 heterocycles. The zero-order chi connectivity index (χ0) is 21.5. The summed E-state index contributed by atoms with van der Waals surface area (Å²) in [6.07, 6.45) is 5.06. The van der Waals surface area contributed by atoms with Gasteiger partial charge in [0.2, 0.25) is 0 Å². The van der Waals surface area contributed by atoms with Gasteiger partial charge >= 0.3 is 0 Å². The fourth-order valence-corrected chi connectivity index (χ4v) is 5.09. The van der Waals surface area contributed by atoms with Crippen LogP contribution in [0.4, 0.5) is 5.69 Å². The van der Waals surface area contributed by atoms with Crippen molar-refractivity contribution in [2.45, 2.75) is 46.1 Å². The zero-order valence-electron chi connectivity index (χ0n) is 18.7. The number of para-hydroxylation sites is 1. The second-order valence-corrected chi connectivity index (χ2v) is 9.29. The van der Waals surface area contributed by atoms with Gasteiger partial charge < -0.3 is 9.80 Å². The molecule has 1 aromatic carbocycles. The fraction of sp³-hybridized carbons (Fsp3) is 0.480. The predicted octanol–water partition coefficient (Wildman–Crippen LogP) is 4.24. The molecule has 0 N–H and O–H groups in total. The summed E-state index contributed by atoms with van der Waals surface area (Å²) in [5.41, 5.74) is 5.27. The maximum atomic E-state index is 13.4. The highest BCUT2D eigenvalue weighted by Gasteiger charge is 2.28. The van der Waals surface area contributed by atoms with Gasteiger partial charge in [0, 0.05) is 43.6 Å². The second-order valence-electron chi connectivity index (χ2n) is 9.29. The molecule has 2 aliphatic heterocycles. The molecule has 0 spiro atoms. The van der Waals surface area contributed by atoms with Gasteiger partial charge in [0.05, 0.1) is 17.1 Å². The molecular formula is C25H31N5O. The number of aromatic nitrogens is 3. The van der Waals surface area contributed by atoms with Crippen LogP contribution in [0.1, 0.15) is 54.3 Å². The molecular weight excluding hydrogens is 386 g/mol. The van der Waals surface area contributed by atoms with E-state index in [1.165, 1.54) is 11.3 Å². The van der Waals surface area contributed by atoms with Crippen LogP contribution in [0.3, 0.4) is 0 Å². The first-order valence-electron chi connectivity index (χ1n) is 11.5. The van der Waals surface area contributed by atoms with E-state index in [9.17, 15) is 4.79 Å². The van der Waals surface area contributed by atoms with E-state index in [0.29, 0.717) is 5.92 Å². The van der Waals surface area contributed by atoms with E-state index in [1.54, 1.807) is 6.20 Å². The molecule has 31 heavy (non-hydrogen) atoms. The molecule has 6 nitrogen and oxygen atoms in total. The van der Waals surface area contributed by atoms with Crippen molar-refractivity contribution in [3.05, 3.63) is 53.3 Å². The first-order valence-corrected chi connectivity index (χ1v) is 11.5. The molecule has 6 heteroatoms. The summed E-state index contributed by atoms with van der Waals surface area (Å²) in [6, 6.07) is 10.9. The quantitative estimate of drug-likeness (QED) is 0.637. The number of piperidine rings is 1. The predicted molar refractivity (Wildman–Crippen MR) is 124 cm³/mol. The maximum absolute atomic E-state index is 13.4. The van der Waals surface area contributed by atoms with Crippen molar-refractivity contribution in [1.82, 2.24) is 19.7 Å². The van der Waals surface area contributed by atoms with E-state index >= 15 is 0 Å². The Balaban J connectivity index is 1.28. The minimum Gasteiger partial charge on any atom is -0.371 e. The van der Waals surface area contributed by atoms with E-state index in [-0.39, 0.29) is 11.9 Å². The molecule has 0 atom stereocenters. The smallest absolute Gasteiger partial charge is 0.254 e. The summed E-state index contributed by atoms with van der Waals surface area (Å²) in [6.45, 7) is 9.97. The second kappa shape index (κ2) is 7.98. The third-order valence-corrected chi connectivity index (χ3v) is 6.78. The molecule has 3 aromatic rings. The number of rotatable bonds is 4. The van der Waals surface area contributed by atoms with Crippen LogP contribution in [0, 0.1) is 12.8 Å². The van der Waals surface area contributed by atoms with Crippen LogP contribution in [0.2, 0.25) is 0 Å². The molecule has 0 saturated carbocycles. The highest BCUT2D eigenvalue weighted by Crippen LogP contribution is 2.31. The topological polar surface area (TPSA) is 54.3 Å². The van der Waals surface area contributed by atoms with Gasteiger partial charge in [0.15, 0.2) is 5.65 Å². The molecule has 0 radical (unpaired) electrons. The summed E-state index contributed by atoms with van der Waals surface area (Å²) in [4.78, 5) is 22.6. The van der Waals surface area contributed by atoms with Crippen molar-refractivity contribution >= 4 is 22.6 Å². The van der Waals surface area contributed by atoms with E-state index < -0.39 is 0 Å². The number of carbonyl (C=O) groups excluding carboxylic acids is 1. The van der Waals surface area contributed by atoms with Crippen molar-refractivity contribution in [1.29, 1.82) is 0 Å². The summed E-state index contributed by atoms with van der Waals surface area (Å²) < 4.78 is 1.90. The number of nitrogens with zero attached hydrogens (tertiary/aromatic N) is 5. The van der Waals surface area contributed by atoms with Crippen molar-refractivity contribution in [3.63, 3.8) is 0 Å². The van der Waals surface area contributed by atoms with Crippen LogP contribution >= 0.6 is 0 Å². The third-order valence-electron chi connectivity index (χ3n) is 6.78. The van der Waals surface area contributed by atoms with Crippen LogP contribution in [0.15, 0.2) is 36.5 Å². The molecule has 5 rings (SSSR count). The third kappa shape index (κ3) is 3.68. The van der Waals surface area contributed by atoms with Gasteiger partial charge in [-0.3, -0.25) is 4.79 Å². The molecule has 0 bridgehead atoms. The Labute approximate surface area is 183 Å². The molecule has 0 unspecified atom stereocenters. The van der Waals surface area contributed by atoms with Crippen LogP contribution in [-0.4, -0.2) is 51.8 Å². The van der Waals surface area contributed by atoms with Gasteiger partial charge in [0.1, 0.15) is 0 Å². The van der Waals surface area contributed by atoms with Crippen molar-refractivity contribution in [2.75, 3.05) is 31.1 Å². The minimum absolute atomic E-state index is 0.115. The average Bonchev–Trinajstić information content (AvgIpc) is 3.38. The summed E-state index contributed by atoms with van der Waals surface area (Å²) in [5.74, 6) is 0.752. The normalized spacial score (nSPS) is 17.0. The number of fused-ring (bicyclic) bond motifs is 2. The Morgan fingerprint density at radius 3 is 2.71 bits per heavy atom. The minimum atomic E-state index is 0.115. The van der Waals surface area contributed by atoms with Crippen molar-refractivity contribution in [3.8, 4) is 0 Å². The maximum Gasteiger partial charge on any atom is 0.254 e. The number of aryl methyl sites for hydroxylation is 1. The van der Waals surface area contributed by atoms with Crippen molar-refractivity contribution in [2.24, 2.45) is 5.92 Å².